The molecule has 3 aromatic carbocycles. The van der Waals surface area contributed by atoms with Crippen molar-refractivity contribution in [1.29, 1.82) is 0 Å². The number of amides is 2. The number of carbonyl (C=O) groups is 1. The molecule has 4 aromatic rings. The number of rotatable bonds is 4. The van der Waals surface area contributed by atoms with E-state index in [1.807, 2.05) is 51.1 Å². The lowest BCUT2D eigenvalue weighted by atomic mass is 9.94. The standard InChI is InChI=1S/C27H22ClFN4O2/c1-15-11-16(2)13-22(12-15)33-17(3)23(24(30-27(33)34)18-7-9-20(28)10-8-18)26-31-25(32-35-26)19-5-4-6-21(29)14-19/h4-14,24H,1-3H3,(H,30,34). The van der Waals surface area contributed by atoms with Gasteiger partial charge >= 0.3 is 6.03 Å². The average Bonchev–Trinajstić information content (AvgIpc) is 3.28. The molecule has 0 saturated heterocycles. The minimum Gasteiger partial charge on any atom is -0.334 e. The lowest BCUT2D eigenvalue weighted by Crippen LogP contribution is -2.46. The Balaban J connectivity index is 1.67. The Hall–Kier alpha value is -3.97. The molecule has 8 heteroatoms. The molecule has 1 N–H and O–H groups in total. The number of nitrogens with one attached hydrogen (secondary N) is 1. The van der Waals surface area contributed by atoms with E-state index in [1.54, 1.807) is 29.2 Å². The first-order chi connectivity index (χ1) is 16.8. The van der Waals surface area contributed by atoms with Crippen LogP contribution in [0.5, 0.6) is 0 Å². The predicted octanol–water partition coefficient (Wildman–Crippen LogP) is 6.85. The molecule has 0 saturated carbocycles. The number of anilines is 1. The summed E-state index contributed by atoms with van der Waals surface area (Å²) in [5, 5.41) is 7.74. The summed E-state index contributed by atoms with van der Waals surface area (Å²) in [5.41, 5.74) is 5.39. The number of hydrogen-bond donors (Lipinski definition) is 1. The molecule has 35 heavy (non-hydrogen) atoms. The van der Waals surface area contributed by atoms with E-state index in [-0.39, 0.29) is 17.7 Å². The normalized spacial score (nSPS) is 16.0. The van der Waals surface area contributed by atoms with Crippen LogP contribution in [0.4, 0.5) is 14.9 Å². The highest BCUT2D eigenvalue weighted by Gasteiger charge is 2.36. The summed E-state index contributed by atoms with van der Waals surface area (Å²) < 4.78 is 19.4. The topological polar surface area (TPSA) is 71.3 Å². The third-order valence-electron chi connectivity index (χ3n) is 5.89. The molecular formula is C27H22ClFN4O2. The average molecular weight is 489 g/mol. The molecule has 0 fully saturated rings. The summed E-state index contributed by atoms with van der Waals surface area (Å²) in [6, 6.07) is 18.3. The fraction of sp³-hybridized carbons (Fsp3) is 0.148. The van der Waals surface area contributed by atoms with Gasteiger partial charge in [-0.2, -0.15) is 4.98 Å². The van der Waals surface area contributed by atoms with Crippen molar-refractivity contribution in [3.8, 4) is 11.4 Å². The second-order valence-corrected chi connectivity index (χ2v) is 8.98. The van der Waals surface area contributed by atoms with Crippen LogP contribution in [0.2, 0.25) is 5.02 Å². The first kappa shape index (κ1) is 22.8. The summed E-state index contributed by atoms with van der Waals surface area (Å²) >= 11 is 6.10. The molecule has 0 aliphatic carbocycles. The van der Waals surface area contributed by atoms with Crippen LogP contribution in [0.3, 0.4) is 0 Å². The van der Waals surface area contributed by atoms with Crippen molar-refractivity contribution in [2.45, 2.75) is 26.8 Å². The quantitative estimate of drug-likeness (QED) is 0.341. The van der Waals surface area contributed by atoms with E-state index >= 15 is 0 Å². The molecular weight excluding hydrogens is 467 g/mol. The van der Waals surface area contributed by atoms with Crippen LogP contribution in [-0.4, -0.2) is 16.2 Å². The van der Waals surface area contributed by atoms with Crippen LogP contribution >= 0.6 is 11.6 Å². The fourth-order valence-electron chi connectivity index (χ4n) is 4.39. The van der Waals surface area contributed by atoms with Crippen molar-refractivity contribution >= 4 is 28.9 Å². The molecule has 176 valence electrons. The summed E-state index contributed by atoms with van der Waals surface area (Å²) in [5.74, 6) is 0.0924. The van der Waals surface area contributed by atoms with E-state index in [4.69, 9.17) is 16.1 Å². The van der Waals surface area contributed by atoms with Gasteiger partial charge in [0.1, 0.15) is 5.82 Å². The summed E-state index contributed by atoms with van der Waals surface area (Å²) in [4.78, 5) is 19.5. The zero-order valence-corrected chi connectivity index (χ0v) is 20.1. The van der Waals surface area contributed by atoms with Gasteiger partial charge in [0.2, 0.25) is 5.82 Å². The first-order valence-corrected chi connectivity index (χ1v) is 11.4. The Morgan fingerprint density at radius 2 is 1.71 bits per heavy atom. The van der Waals surface area contributed by atoms with Crippen LogP contribution in [0.15, 0.2) is 77.0 Å². The van der Waals surface area contributed by atoms with Gasteiger partial charge in [0, 0.05) is 16.3 Å². The van der Waals surface area contributed by atoms with Gasteiger partial charge in [-0.3, -0.25) is 4.90 Å². The Kier molecular flexibility index (Phi) is 5.86. The fourth-order valence-corrected chi connectivity index (χ4v) is 4.52. The molecule has 6 nitrogen and oxygen atoms in total. The number of allylic oxidation sites excluding steroid dienone is 1. The Labute approximate surface area is 207 Å². The summed E-state index contributed by atoms with van der Waals surface area (Å²) in [7, 11) is 0. The third-order valence-corrected chi connectivity index (χ3v) is 6.14. The second-order valence-electron chi connectivity index (χ2n) is 8.55. The molecule has 2 amide bonds. The third kappa shape index (κ3) is 4.42. The van der Waals surface area contributed by atoms with E-state index in [0.717, 1.165) is 22.4 Å². The van der Waals surface area contributed by atoms with Gasteiger partial charge in [-0.25, -0.2) is 9.18 Å². The van der Waals surface area contributed by atoms with Crippen LogP contribution in [-0.2, 0) is 0 Å². The minimum absolute atomic E-state index is 0.232. The summed E-state index contributed by atoms with van der Waals surface area (Å²) in [6.07, 6.45) is 0. The van der Waals surface area contributed by atoms with Crippen molar-refractivity contribution in [2.24, 2.45) is 0 Å². The Morgan fingerprint density at radius 1 is 1.00 bits per heavy atom. The van der Waals surface area contributed by atoms with Gasteiger partial charge < -0.3 is 9.84 Å². The van der Waals surface area contributed by atoms with Crippen molar-refractivity contribution < 1.29 is 13.7 Å². The van der Waals surface area contributed by atoms with Gasteiger partial charge in [0.05, 0.1) is 17.3 Å². The van der Waals surface area contributed by atoms with Crippen molar-refractivity contribution in [3.63, 3.8) is 0 Å². The minimum atomic E-state index is -0.553. The Bertz CT molecular complexity index is 1440. The van der Waals surface area contributed by atoms with Crippen LogP contribution in [0.25, 0.3) is 17.0 Å². The number of aryl methyl sites for hydroxylation is 2. The highest BCUT2D eigenvalue weighted by molar-refractivity contribution is 6.30. The summed E-state index contributed by atoms with van der Waals surface area (Å²) in [6.45, 7) is 5.82. The maximum absolute atomic E-state index is 13.8. The molecule has 0 spiro atoms. The largest absolute Gasteiger partial charge is 0.334 e. The number of carbonyl (C=O) groups excluding carboxylic acids is 1. The van der Waals surface area contributed by atoms with Gasteiger partial charge in [0.15, 0.2) is 0 Å². The van der Waals surface area contributed by atoms with Crippen molar-refractivity contribution in [3.05, 3.63) is 106 Å². The second kappa shape index (κ2) is 9.00. The highest BCUT2D eigenvalue weighted by atomic mass is 35.5. The smallest absolute Gasteiger partial charge is 0.326 e. The zero-order valence-electron chi connectivity index (χ0n) is 19.3. The molecule has 1 unspecified atom stereocenters. The zero-order chi connectivity index (χ0) is 24.7. The SMILES string of the molecule is CC1=C(c2nc(-c3cccc(F)c3)no2)C(c2ccc(Cl)cc2)NC(=O)N1c1cc(C)cc(C)c1. The number of urea groups is 1. The molecule has 2 heterocycles. The molecule has 1 aliphatic rings. The van der Waals surface area contributed by atoms with E-state index in [2.05, 4.69) is 15.5 Å². The molecule has 0 bridgehead atoms. The molecule has 1 aromatic heterocycles. The van der Waals surface area contributed by atoms with Gasteiger partial charge in [-0.05, 0) is 73.9 Å². The highest BCUT2D eigenvalue weighted by Crippen LogP contribution is 2.39. The van der Waals surface area contributed by atoms with Gasteiger partial charge in [0.25, 0.3) is 5.89 Å². The molecule has 0 radical (unpaired) electrons. The van der Waals surface area contributed by atoms with E-state index < -0.39 is 11.9 Å². The number of aromatic nitrogens is 2. The number of halogens is 2. The number of hydrogen-bond acceptors (Lipinski definition) is 4. The van der Waals surface area contributed by atoms with E-state index in [0.29, 0.717) is 21.9 Å². The van der Waals surface area contributed by atoms with Crippen molar-refractivity contribution in [2.75, 3.05) is 4.90 Å². The molecule has 5 rings (SSSR count). The maximum Gasteiger partial charge on any atom is 0.326 e. The lowest BCUT2D eigenvalue weighted by Gasteiger charge is -2.35. The maximum atomic E-state index is 13.8. The number of nitrogens with zero attached hydrogens (tertiary/aromatic N) is 3. The van der Waals surface area contributed by atoms with E-state index in [9.17, 15) is 9.18 Å². The van der Waals surface area contributed by atoms with Crippen LogP contribution < -0.4 is 10.2 Å². The van der Waals surface area contributed by atoms with Crippen LogP contribution in [0, 0.1) is 19.7 Å². The van der Waals surface area contributed by atoms with E-state index in [1.165, 1.54) is 12.1 Å². The first-order valence-electron chi connectivity index (χ1n) is 11.1. The predicted molar refractivity (Wildman–Crippen MR) is 133 cm³/mol. The lowest BCUT2D eigenvalue weighted by molar-refractivity contribution is 0.244. The Morgan fingerprint density at radius 3 is 2.40 bits per heavy atom. The molecule has 1 atom stereocenters. The van der Waals surface area contributed by atoms with Crippen LogP contribution in [0.1, 0.15) is 35.5 Å². The number of benzene rings is 3. The van der Waals surface area contributed by atoms with Gasteiger partial charge in [-0.1, -0.05) is 47.1 Å². The molecule has 1 aliphatic heterocycles. The van der Waals surface area contributed by atoms with Crippen molar-refractivity contribution in [1.82, 2.24) is 15.5 Å². The van der Waals surface area contributed by atoms with Gasteiger partial charge in [-0.15, -0.1) is 0 Å². The monoisotopic (exact) mass is 488 g/mol.